The van der Waals surface area contributed by atoms with Gasteiger partial charge in [-0.3, -0.25) is 9.78 Å². The number of unbranched alkanes of at least 4 members (excludes halogenated alkanes) is 6. The topological polar surface area (TPSA) is 122 Å². The third-order valence-corrected chi connectivity index (χ3v) is 9.44. The Morgan fingerprint density at radius 2 is 1.72 bits per heavy atom. The molecular weight excluding hydrogens is 574 g/mol. The number of hydrogen-bond acceptors (Lipinski definition) is 5. The summed E-state index contributed by atoms with van der Waals surface area (Å²) in [6, 6.07) is 16.6. The summed E-state index contributed by atoms with van der Waals surface area (Å²) < 4.78 is 5.62. The second-order valence-electron chi connectivity index (χ2n) is 12.9. The minimum Gasteiger partial charge on any atom is -0.442 e. The molecule has 2 heterocycles. The first-order valence-electron chi connectivity index (χ1n) is 17.4. The van der Waals surface area contributed by atoms with E-state index in [1.54, 1.807) is 6.92 Å². The van der Waals surface area contributed by atoms with Crippen LogP contribution in [0.4, 0.5) is 10.5 Å². The molecular formula is C38H51N5O3. The van der Waals surface area contributed by atoms with Crippen molar-refractivity contribution in [3.63, 3.8) is 0 Å². The van der Waals surface area contributed by atoms with Crippen molar-refractivity contribution in [3.8, 4) is 0 Å². The minimum atomic E-state index is -0.761. The first-order valence-corrected chi connectivity index (χ1v) is 17.4. The van der Waals surface area contributed by atoms with Crippen LogP contribution in [0.1, 0.15) is 107 Å². The number of nitrogens with two attached hydrogens (primary N) is 1. The van der Waals surface area contributed by atoms with E-state index in [2.05, 4.69) is 45.9 Å². The summed E-state index contributed by atoms with van der Waals surface area (Å²) in [4.78, 5) is 31.5. The summed E-state index contributed by atoms with van der Waals surface area (Å²) in [6.45, 7) is 3.17. The molecule has 4 aromatic rings. The first-order chi connectivity index (χ1) is 22.5. The molecule has 0 spiro atoms. The lowest BCUT2D eigenvalue weighted by Crippen LogP contribution is -2.25. The average molecular weight is 626 g/mol. The fraction of sp³-hybridized carbons (Fsp3) is 0.500. The highest BCUT2D eigenvalue weighted by Crippen LogP contribution is 2.34. The standard InChI is InChI=1S/C38H51N5O3/c1-27(44)40-23-20-28(25-36(46-38(39)45)30-18-19-33-29(26-30)21-24-41-33)13-7-5-3-2-4-6-12-22-42-37-31-14-8-10-16-34(31)43-35-17-11-9-15-32(35)37/h8,10,14,16,18-19,21,24,26,28,36,41H,2-7,9,11-13,15,17,20,22-23,25H2,1H3,(H2,39,45)(H,40,44)(H,42,43). The highest BCUT2D eigenvalue weighted by atomic mass is 16.6. The van der Waals surface area contributed by atoms with Crippen LogP contribution in [0.3, 0.4) is 0 Å². The van der Waals surface area contributed by atoms with Gasteiger partial charge in [0.2, 0.25) is 5.91 Å². The van der Waals surface area contributed by atoms with Crippen LogP contribution < -0.4 is 16.4 Å². The van der Waals surface area contributed by atoms with E-state index in [4.69, 9.17) is 15.5 Å². The number of aromatic amines is 1. The molecule has 0 aliphatic heterocycles. The number of H-pyrrole nitrogens is 1. The first kappa shape index (κ1) is 33.3. The van der Waals surface area contributed by atoms with Crippen molar-refractivity contribution in [1.29, 1.82) is 0 Å². The summed E-state index contributed by atoms with van der Waals surface area (Å²) >= 11 is 0. The minimum absolute atomic E-state index is 0.0229. The van der Waals surface area contributed by atoms with E-state index in [1.165, 1.54) is 73.7 Å². The average Bonchev–Trinajstić information content (AvgIpc) is 3.52. The second kappa shape index (κ2) is 17.0. The molecule has 2 atom stereocenters. The van der Waals surface area contributed by atoms with Crippen LogP contribution in [0.5, 0.6) is 0 Å². The van der Waals surface area contributed by atoms with E-state index < -0.39 is 12.2 Å². The quantitative estimate of drug-likeness (QED) is 0.0826. The number of pyridine rings is 1. The fourth-order valence-corrected chi connectivity index (χ4v) is 7.03. The summed E-state index contributed by atoms with van der Waals surface area (Å²) in [5, 5.41) is 9.07. The Bertz CT molecular complexity index is 1580. The largest absolute Gasteiger partial charge is 0.442 e. The lowest BCUT2D eigenvalue weighted by Gasteiger charge is -2.24. The number of nitrogens with zero attached hydrogens (tertiary/aromatic N) is 1. The Hall–Kier alpha value is -4.07. The zero-order valence-corrected chi connectivity index (χ0v) is 27.4. The molecule has 2 amide bonds. The molecule has 8 nitrogen and oxygen atoms in total. The van der Waals surface area contributed by atoms with Gasteiger partial charge in [0, 0.05) is 48.5 Å². The zero-order valence-electron chi connectivity index (χ0n) is 27.4. The SMILES string of the molecule is CC(=O)NCCC(CCCCCCCCCNc1c2c(nc3ccccc13)CCCC2)CC(OC(N)=O)c1ccc2[nH]ccc2c1. The Morgan fingerprint density at radius 3 is 2.54 bits per heavy atom. The number of aryl methyl sites for hydroxylation is 1. The number of aromatic nitrogens is 2. The van der Waals surface area contributed by atoms with Crippen molar-refractivity contribution in [2.45, 2.75) is 103 Å². The molecule has 46 heavy (non-hydrogen) atoms. The number of benzene rings is 2. The Kier molecular flexibility index (Phi) is 12.3. The van der Waals surface area contributed by atoms with Crippen molar-refractivity contribution in [3.05, 3.63) is 71.5 Å². The third-order valence-electron chi connectivity index (χ3n) is 9.44. The van der Waals surface area contributed by atoms with Gasteiger partial charge in [-0.15, -0.1) is 0 Å². The van der Waals surface area contributed by atoms with Crippen LogP contribution in [0, 0.1) is 5.92 Å². The number of fused-ring (bicyclic) bond motifs is 3. The number of hydrogen-bond donors (Lipinski definition) is 4. The van der Waals surface area contributed by atoms with Gasteiger partial charge in [0.1, 0.15) is 6.10 Å². The maximum Gasteiger partial charge on any atom is 0.405 e. The van der Waals surface area contributed by atoms with Gasteiger partial charge in [0.25, 0.3) is 0 Å². The molecule has 5 rings (SSSR count). The van der Waals surface area contributed by atoms with Crippen LogP contribution in [-0.4, -0.2) is 35.1 Å². The molecule has 1 aliphatic rings. The molecule has 246 valence electrons. The number of para-hydroxylation sites is 1. The summed E-state index contributed by atoms with van der Waals surface area (Å²) in [5.74, 6) is 0.282. The Balaban J connectivity index is 1.04. The molecule has 0 saturated heterocycles. The van der Waals surface area contributed by atoms with Crippen LogP contribution in [0.2, 0.25) is 0 Å². The van der Waals surface area contributed by atoms with E-state index in [-0.39, 0.29) is 5.91 Å². The molecule has 0 bridgehead atoms. The van der Waals surface area contributed by atoms with Gasteiger partial charge in [-0.05, 0) is 91.6 Å². The number of carbonyl (C=O) groups excluding carboxylic acids is 2. The molecule has 2 aromatic heterocycles. The maximum atomic E-state index is 11.8. The van der Waals surface area contributed by atoms with Gasteiger partial charge < -0.3 is 26.1 Å². The molecule has 2 unspecified atom stereocenters. The summed E-state index contributed by atoms with van der Waals surface area (Å²) in [5.41, 5.74) is 12.6. The van der Waals surface area contributed by atoms with Crippen molar-refractivity contribution in [2.75, 3.05) is 18.4 Å². The maximum absolute atomic E-state index is 11.8. The van der Waals surface area contributed by atoms with Crippen LogP contribution >= 0.6 is 0 Å². The predicted molar refractivity (Wildman–Crippen MR) is 187 cm³/mol. The van der Waals surface area contributed by atoms with E-state index in [0.717, 1.165) is 60.6 Å². The number of carbonyl (C=O) groups is 2. The highest BCUT2D eigenvalue weighted by Gasteiger charge is 2.22. The van der Waals surface area contributed by atoms with Crippen molar-refractivity contribution >= 4 is 39.5 Å². The van der Waals surface area contributed by atoms with E-state index in [1.807, 2.05) is 24.4 Å². The van der Waals surface area contributed by atoms with Gasteiger partial charge in [-0.1, -0.05) is 69.2 Å². The number of amides is 2. The lowest BCUT2D eigenvalue weighted by atomic mass is 9.89. The molecule has 1 aliphatic carbocycles. The van der Waals surface area contributed by atoms with Gasteiger partial charge in [0.05, 0.1) is 5.52 Å². The number of primary amides is 1. The number of nitrogens with one attached hydrogen (secondary N) is 3. The van der Waals surface area contributed by atoms with Crippen LogP contribution in [-0.2, 0) is 22.4 Å². The fourth-order valence-electron chi connectivity index (χ4n) is 7.03. The lowest BCUT2D eigenvalue weighted by molar-refractivity contribution is -0.119. The molecule has 0 fully saturated rings. The van der Waals surface area contributed by atoms with Gasteiger partial charge in [-0.25, -0.2) is 4.79 Å². The molecule has 5 N–H and O–H groups in total. The van der Waals surface area contributed by atoms with E-state index in [9.17, 15) is 9.59 Å². The van der Waals surface area contributed by atoms with Crippen molar-refractivity contribution in [2.24, 2.45) is 11.7 Å². The van der Waals surface area contributed by atoms with Crippen LogP contribution in [0.15, 0.2) is 54.7 Å². The zero-order chi connectivity index (χ0) is 32.1. The van der Waals surface area contributed by atoms with Gasteiger partial charge in [0.15, 0.2) is 0 Å². The van der Waals surface area contributed by atoms with Crippen molar-refractivity contribution in [1.82, 2.24) is 15.3 Å². The summed E-state index contributed by atoms with van der Waals surface area (Å²) in [7, 11) is 0. The third kappa shape index (κ3) is 9.47. The molecule has 0 radical (unpaired) electrons. The number of rotatable bonds is 18. The van der Waals surface area contributed by atoms with Crippen molar-refractivity contribution < 1.29 is 14.3 Å². The van der Waals surface area contributed by atoms with Gasteiger partial charge >= 0.3 is 6.09 Å². The molecule has 2 aromatic carbocycles. The summed E-state index contributed by atoms with van der Waals surface area (Å²) in [6.07, 6.45) is 16.4. The van der Waals surface area contributed by atoms with E-state index >= 15 is 0 Å². The highest BCUT2D eigenvalue weighted by molar-refractivity contribution is 5.93. The number of anilines is 1. The normalized spacial score (nSPS) is 14.1. The number of ether oxygens (including phenoxy) is 1. The second-order valence-corrected chi connectivity index (χ2v) is 12.9. The Labute approximate surface area is 273 Å². The van der Waals surface area contributed by atoms with E-state index in [0.29, 0.717) is 18.9 Å². The smallest absolute Gasteiger partial charge is 0.405 e. The van der Waals surface area contributed by atoms with Crippen LogP contribution in [0.25, 0.3) is 21.8 Å². The monoisotopic (exact) mass is 625 g/mol. The van der Waals surface area contributed by atoms with Gasteiger partial charge in [-0.2, -0.15) is 0 Å². The predicted octanol–water partition coefficient (Wildman–Crippen LogP) is 8.50. The Morgan fingerprint density at radius 1 is 0.935 bits per heavy atom. The molecule has 0 saturated carbocycles. The molecule has 8 heteroatoms.